The van der Waals surface area contributed by atoms with Gasteiger partial charge in [0.1, 0.15) is 11.6 Å². The van der Waals surface area contributed by atoms with E-state index in [0.29, 0.717) is 16.8 Å². The Morgan fingerprint density at radius 3 is 2.47 bits per heavy atom. The quantitative estimate of drug-likeness (QED) is 0.281. The summed E-state index contributed by atoms with van der Waals surface area (Å²) in [5.41, 5.74) is 2.01. The molecular weight excluding hydrogens is 439 g/mol. The summed E-state index contributed by atoms with van der Waals surface area (Å²) < 4.78 is 23.3. The molecule has 0 atom stereocenters. The lowest BCUT2D eigenvalue weighted by Crippen LogP contribution is -2.22. The molecule has 0 aliphatic carbocycles. The van der Waals surface area contributed by atoms with Gasteiger partial charge in [0.15, 0.2) is 0 Å². The summed E-state index contributed by atoms with van der Waals surface area (Å²) in [5, 5.41) is 5.50. The summed E-state index contributed by atoms with van der Waals surface area (Å²) in [4.78, 5) is 35.9. The largest absolute Gasteiger partial charge is 0.513 e. The predicted octanol–water partition coefficient (Wildman–Crippen LogP) is 4.94. The SMILES string of the molecule is CCOC(=O)Oc1ccc(C(=O)NCc2cccc(NC(=O)/C=C/c3ccccc3F)c2)cc1. The Hall–Kier alpha value is -4.46. The monoisotopic (exact) mass is 462 g/mol. The van der Waals surface area contributed by atoms with E-state index in [0.717, 1.165) is 5.56 Å². The molecule has 2 N–H and O–H groups in total. The van der Waals surface area contributed by atoms with Crippen LogP contribution in [0.4, 0.5) is 14.9 Å². The molecule has 0 aliphatic rings. The lowest BCUT2D eigenvalue weighted by Gasteiger charge is -2.09. The first kappa shape index (κ1) is 24.2. The lowest BCUT2D eigenvalue weighted by atomic mass is 10.1. The van der Waals surface area contributed by atoms with Gasteiger partial charge in [0.05, 0.1) is 6.61 Å². The van der Waals surface area contributed by atoms with Gasteiger partial charge >= 0.3 is 6.16 Å². The number of nitrogens with one attached hydrogen (secondary N) is 2. The van der Waals surface area contributed by atoms with Crippen LogP contribution in [-0.2, 0) is 16.1 Å². The fourth-order valence-electron chi connectivity index (χ4n) is 2.92. The number of hydrogen-bond donors (Lipinski definition) is 2. The number of carbonyl (C=O) groups excluding carboxylic acids is 3. The summed E-state index contributed by atoms with van der Waals surface area (Å²) in [7, 11) is 0. The first-order valence-electron chi connectivity index (χ1n) is 10.5. The van der Waals surface area contributed by atoms with Gasteiger partial charge in [-0.05, 0) is 61.0 Å². The molecule has 0 bridgehead atoms. The van der Waals surface area contributed by atoms with Crippen molar-refractivity contribution >= 4 is 29.7 Å². The second kappa shape index (κ2) is 12.0. The zero-order valence-corrected chi connectivity index (χ0v) is 18.4. The van der Waals surface area contributed by atoms with Gasteiger partial charge in [0, 0.05) is 29.4 Å². The number of rotatable bonds is 8. The van der Waals surface area contributed by atoms with Crippen LogP contribution in [0.15, 0.2) is 78.9 Å². The van der Waals surface area contributed by atoms with Gasteiger partial charge in [-0.15, -0.1) is 0 Å². The summed E-state index contributed by atoms with van der Waals surface area (Å²) in [6.07, 6.45) is 1.84. The van der Waals surface area contributed by atoms with Crippen LogP contribution in [0.5, 0.6) is 5.75 Å². The van der Waals surface area contributed by atoms with Crippen LogP contribution < -0.4 is 15.4 Å². The Labute approximate surface area is 196 Å². The molecule has 3 rings (SSSR count). The number of anilines is 1. The third kappa shape index (κ3) is 7.30. The van der Waals surface area contributed by atoms with E-state index in [4.69, 9.17) is 9.47 Å². The highest BCUT2D eigenvalue weighted by Crippen LogP contribution is 2.15. The molecule has 0 saturated carbocycles. The molecule has 34 heavy (non-hydrogen) atoms. The third-order valence-corrected chi connectivity index (χ3v) is 4.55. The highest BCUT2D eigenvalue weighted by Gasteiger charge is 2.09. The highest BCUT2D eigenvalue weighted by molar-refractivity contribution is 6.02. The Balaban J connectivity index is 1.53. The number of hydrogen-bond acceptors (Lipinski definition) is 5. The van der Waals surface area contributed by atoms with Crippen molar-refractivity contribution in [1.29, 1.82) is 0 Å². The number of halogens is 1. The minimum atomic E-state index is -0.811. The topological polar surface area (TPSA) is 93.7 Å². The van der Waals surface area contributed by atoms with Crippen LogP contribution in [0.1, 0.15) is 28.4 Å². The first-order chi connectivity index (χ1) is 16.4. The van der Waals surface area contributed by atoms with Crippen molar-refractivity contribution in [3.8, 4) is 5.75 Å². The maximum atomic E-state index is 13.6. The fourth-order valence-corrected chi connectivity index (χ4v) is 2.92. The van der Waals surface area contributed by atoms with Gasteiger partial charge in [-0.1, -0.05) is 30.3 Å². The summed E-state index contributed by atoms with van der Waals surface area (Å²) >= 11 is 0. The fraction of sp³-hybridized carbons (Fsp3) is 0.115. The molecule has 174 valence electrons. The lowest BCUT2D eigenvalue weighted by molar-refractivity contribution is -0.111. The molecule has 8 heteroatoms. The molecule has 0 heterocycles. The van der Waals surface area contributed by atoms with E-state index in [1.165, 1.54) is 42.5 Å². The molecule has 0 aliphatic heterocycles. The molecule has 0 unspecified atom stereocenters. The van der Waals surface area contributed by atoms with Crippen LogP contribution in [0, 0.1) is 5.82 Å². The molecule has 2 amide bonds. The van der Waals surface area contributed by atoms with E-state index in [9.17, 15) is 18.8 Å². The number of carbonyl (C=O) groups is 3. The molecule has 0 spiro atoms. The number of amides is 2. The van der Waals surface area contributed by atoms with Crippen molar-refractivity contribution in [1.82, 2.24) is 5.32 Å². The van der Waals surface area contributed by atoms with Crippen LogP contribution in [-0.4, -0.2) is 24.6 Å². The standard InChI is InChI=1S/C26H23FN2O5/c1-2-33-26(32)34-22-13-10-20(11-14-22)25(31)28-17-18-6-5-8-21(16-18)29-24(30)15-12-19-7-3-4-9-23(19)27/h3-16H,2,17H2,1H3,(H,28,31)(H,29,30)/b15-12+. The number of ether oxygens (including phenoxy) is 2. The van der Waals surface area contributed by atoms with Crippen molar-refractivity contribution in [3.63, 3.8) is 0 Å². The predicted molar refractivity (Wildman–Crippen MR) is 126 cm³/mol. The third-order valence-electron chi connectivity index (χ3n) is 4.55. The van der Waals surface area contributed by atoms with Crippen molar-refractivity contribution in [2.75, 3.05) is 11.9 Å². The number of benzene rings is 3. The zero-order valence-electron chi connectivity index (χ0n) is 18.4. The van der Waals surface area contributed by atoms with Crippen LogP contribution in [0.3, 0.4) is 0 Å². The van der Waals surface area contributed by atoms with E-state index in [1.807, 2.05) is 0 Å². The summed E-state index contributed by atoms with van der Waals surface area (Å²) in [6, 6.07) is 19.2. The Morgan fingerprint density at radius 2 is 1.74 bits per heavy atom. The molecule has 7 nitrogen and oxygen atoms in total. The minimum Gasteiger partial charge on any atom is -0.434 e. The van der Waals surface area contributed by atoms with Crippen LogP contribution >= 0.6 is 0 Å². The average Bonchev–Trinajstić information content (AvgIpc) is 2.83. The van der Waals surface area contributed by atoms with E-state index < -0.39 is 17.9 Å². The van der Waals surface area contributed by atoms with Gasteiger partial charge in [0.25, 0.3) is 5.91 Å². The van der Waals surface area contributed by atoms with Gasteiger partial charge in [-0.25, -0.2) is 9.18 Å². The van der Waals surface area contributed by atoms with E-state index >= 15 is 0 Å². The van der Waals surface area contributed by atoms with Crippen LogP contribution in [0.2, 0.25) is 0 Å². The van der Waals surface area contributed by atoms with Crippen LogP contribution in [0.25, 0.3) is 6.08 Å². The first-order valence-corrected chi connectivity index (χ1v) is 10.5. The highest BCUT2D eigenvalue weighted by atomic mass is 19.1. The van der Waals surface area contributed by atoms with E-state index in [2.05, 4.69) is 10.6 Å². The maximum absolute atomic E-state index is 13.6. The van der Waals surface area contributed by atoms with Gasteiger partial charge in [-0.2, -0.15) is 0 Å². The Bertz CT molecular complexity index is 1190. The second-order valence-electron chi connectivity index (χ2n) is 7.04. The van der Waals surface area contributed by atoms with Gasteiger partial charge < -0.3 is 20.1 Å². The van der Waals surface area contributed by atoms with Gasteiger partial charge in [-0.3, -0.25) is 9.59 Å². The normalized spacial score (nSPS) is 10.5. The summed E-state index contributed by atoms with van der Waals surface area (Å²) in [5.74, 6) is -0.868. The smallest absolute Gasteiger partial charge is 0.434 e. The summed E-state index contributed by atoms with van der Waals surface area (Å²) in [6.45, 7) is 2.10. The van der Waals surface area contributed by atoms with Crippen molar-refractivity contribution in [2.24, 2.45) is 0 Å². The Morgan fingerprint density at radius 1 is 0.971 bits per heavy atom. The molecule has 0 fully saturated rings. The molecule has 3 aromatic rings. The zero-order chi connectivity index (χ0) is 24.3. The Kier molecular flexibility index (Phi) is 8.51. The van der Waals surface area contributed by atoms with E-state index in [1.54, 1.807) is 49.4 Å². The van der Waals surface area contributed by atoms with Crippen molar-refractivity contribution in [3.05, 3.63) is 101 Å². The van der Waals surface area contributed by atoms with Crippen molar-refractivity contribution < 1.29 is 28.2 Å². The molecule has 0 saturated heterocycles. The van der Waals surface area contributed by atoms with Crippen molar-refractivity contribution in [2.45, 2.75) is 13.5 Å². The molecule has 3 aromatic carbocycles. The van der Waals surface area contributed by atoms with E-state index in [-0.39, 0.29) is 24.8 Å². The maximum Gasteiger partial charge on any atom is 0.513 e. The second-order valence-corrected chi connectivity index (χ2v) is 7.04. The molecular formula is C26H23FN2O5. The minimum absolute atomic E-state index is 0.203. The molecule has 0 aromatic heterocycles. The van der Waals surface area contributed by atoms with Gasteiger partial charge in [0.2, 0.25) is 5.91 Å². The molecule has 0 radical (unpaired) electrons. The average molecular weight is 462 g/mol.